The van der Waals surface area contributed by atoms with Crippen LogP contribution in [0.4, 0.5) is 14.6 Å². The minimum absolute atomic E-state index is 0.124. The lowest BCUT2D eigenvalue weighted by atomic mass is 10.1. The van der Waals surface area contributed by atoms with E-state index in [1.54, 1.807) is 11.1 Å². The third-order valence-electron chi connectivity index (χ3n) is 6.51. The van der Waals surface area contributed by atoms with Crippen LogP contribution in [0.25, 0.3) is 10.9 Å². The highest BCUT2D eigenvalue weighted by molar-refractivity contribution is 5.96. The molecule has 1 aliphatic carbocycles. The average molecular weight is 495 g/mol. The van der Waals surface area contributed by atoms with Crippen molar-refractivity contribution in [2.45, 2.75) is 31.2 Å². The van der Waals surface area contributed by atoms with Crippen molar-refractivity contribution in [3.63, 3.8) is 0 Å². The van der Waals surface area contributed by atoms with E-state index in [9.17, 15) is 13.6 Å². The van der Waals surface area contributed by atoms with Gasteiger partial charge in [-0.15, -0.1) is 0 Å². The molecule has 1 atom stereocenters. The summed E-state index contributed by atoms with van der Waals surface area (Å²) < 4.78 is 41.3. The van der Waals surface area contributed by atoms with Crippen molar-refractivity contribution in [1.82, 2.24) is 24.6 Å². The molecule has 1 unspecified atom stereocenters. The van der Waals surface area contributed by atoms with Gasteiger partial charge in [-0.05, 0) is 42.7 Å². The molecule has 0 spiro atoms. The minimum atomic E-state index is -1.05. The zero-order valence-corrected chi connectivity index (χ0v) is 19.8. The summed E-state index contributed by atoms with van der Waals surface area (Å²) in [6.45, 7) is 4.57. The third-order valence-corrected chi connectivity index (χ3v) is 6.51. The van der Waals surface area contributed by atoms with Gasteiger partial charge in [-0.1, -0.05) is 12.5 Å². The van der Waals surface area contributed by atoms with E-state index in [0.717, 1.165) is 23.9 Å². The van der Waals surface area contributed by atoms with Crippen molar-refractivity contribution in [2.24, 2.45) is 0 Å². The van der Waals surface area contributed by atoms with Crippen molar-refractivity contribution in [3.05, 3.63) is 47.3 Å². The molecule has 1 aliphatic heterocycles. The van der Waals surface area contributed by atoms with Gasteiger partial charge in [0.05, 0.1) is 31.2 Å². The predicted octanol–water partition coefficient (Wildman–Crippen LogP) is 2.94. The van der Waals surface area contributed by atoms with E-state index in [4.69, 9.17) is 20.3 Å². The quantitative estimate of drug-likeness (QED) is 0.429. The van der Waals surface area contributed by atoms with E-state index in [0.29, 0.717) is 30.8 Å². The molecule has 4 heterocycles. The fourth-order valence-corrected chi connectivity index (χ4v) is 4.54. The number of carbonyl (C=O) groups excluding carboxylic acids is 1. The topological polar surface area (TPSA) is 108 Å². The maximum atomic E-state index is 14.8. The van der Waals surface area contributed by atoms with E-state index >= 15 is 0 Å². The summed E-state index contributed by atoms with van der Waals surface area (Å²) in [5, 5.41) is 5.24. The molecule has 1 amide bonds. The molecule has 36 heavy (non-hydrogen) atoms. The Morgan fingerprint density at radius 1 is 1.19 bits per heavy atom. The molecule has 0 radical (unpaired) electrons. The van der Waals surface area contributed by atoms with Crippen molar-refractivity contribution in [1.29, 1.82) is 0 Å². The fourth-order valence-electron chi connectivity index (χ4n) is 4.54. The van der Waals surface area contributed by atoms with E-state index in [2.05, 4.69) is 28.4 Å². The number of nitrogens with two attached hydrogens (primary N) is 1. The number of ether oxygens (including phenoxy) is 2. The highest BCUT2D eigenvalue weighted by Crippen LogP contribution is 2.45. The first-order valence-electron chi connectivity index (χ1n) is 11.4. The highest BCUT2D eigenvalue weighted by atomic mass is 19.1. The average Bonchev–Trinajstić information content (AvgIpc) is 3.47. The number of anilines is 1. The van der Waals surface area contributed by atoms with E-state index in [1.165, 1.54) is 20.3 Å². The molecule has 9 nitrogen and oxygen atoms in total. The largest absolute Gasteiger partial charge is 0.479 e. The maximum Gasteiger partial charge on any atom is 0.254 e. The molecule has 1 saturated heterocycles. The second-order valence-corrected chi connectivity index (χ2v) is 8.70. The number of pyridine rings is 2. The molecule has 5 rings (SSSR count). The summed E-state index contributed by atoms with van der Waals surface area (Å²) in [6, 6.07) is -0.124. The summed E-state index contributed by atoms with van der Waals surface area (Å²) in [7, 11) is 2.42. The van der Waals surface area contributed by atoms with Gasteiger partial charge in [0.2, 0.25) is 17.5 Å². The first kappa shape index (κ1) is 23.5. The number of methoxy groups -OCH3 is 2. The first-order chi connectivity index (χ1) is 17.4. The summed E-state index contributed by atoms with van der Waals surface area (Å²) in [4.78, 5) is 21.9. The lowest BCUT2D eigenvalue weighted by Crippen LogP contribution is -2.27. The minimum Gasteiger partial charge on any atom is -0.479 e. The predicted molar refractivity (Wildman–Crippen MR) is 128 cm³/mol. The Hall–Kier alpha value is -4.20. The van der Waals surface area contributed by atoms with Gasteiger partial charge >= 0.3 is 0 Å². The molecule has 1 saturated carbocycles. The second kappa shape index (κ2) is 9.11. The Labute approximate surface area is 205 Å². The van der Waals surface area contributed by atoms with Gasteiger partial charge < -0.3 is 20.1 Å². The Morgan fingerprint density at radius 3 is 2.50 bits per heavy atom. The second-order valence-electron chi connectivity index (χ2n) is 8.70. The van der Waals surface area contributed by atoms with Crippen LogP contribution in [0.3, 0.4) is 0 Å². The summed E-state index contributed by atoms with van der Waals surface area (Å²) >= 11 is 0. The van der Waals surface area contributed by atoms with Crippen molar-refractivity contribution < 1.29 is 23.0 Å². The van der Waals surface area contributed by atoms with Crippen molar-refractivity contribution in [3.8, 4) is 23.6 Å². The van der Waals surface area contributed by atoms with Crippen LogP contribution in [0.15, 0.2) is 18.9 Å². The van der Waals surface area contributed by atoms with Crippen LogP contribution in [0.5, 0.6) is 11.8 Å². The van der Waals surface area contributed by atoms with Crippen LogP contribution in [0.2, 0.25) is 0 Å². The number of likely N-dealkylation sites (tertiary alicyclic amines) is 1. The lowest BCUT2D eigenvalue weighted by Gasteiger charge is -2.16. The molecular formula is C25H24F2N6O3. The number of hydrogen-bond acceptors (Lipinski definition) is 7. The zero-order valence-electron chi connectivity index (χ0n) is 19.8. The van der Waals surface area contributed by atoms with Gasteiger partial charge in [0.25, 0.3) is 11.8 Å². The number of hydrogen-bond donors (Lipinski definition) is 1. The van der Waals surface area contributed by atoms with E-state index < -0.39 is 29.0 Å². The van der Waals surface area contributed by atoms with Crippen LogP contribution in [0, 0.1) is 23.5 Å². The summed E-state index contributed by atoms with van der Waals surface area (Å²) in [5.74, 6) is 2.73. The molecule has 2 aliphatic rings. The Morgan fingerprint density at radius 2 is 1.89 bits per heavy atom. The van der Waals surface area contributed by atoms with E-state index in [-0.39, 0.29) is 23.5 Å². The molecule has 2 fully saturated rings. The van der Waals surface area contributed by atoms with Crippen LogP contribution in [-0.4, -0.2) is 57.9 Å². The molecule has 3 aromatic heterocycles. The monoisotopic (exact) mass is 494 g/mol. The number of aromatic nitrogens is 4. The molecule has 0 aromatic carbocycles. The molecule has 0 bridgehead atoms. The smallest absolute Gasteiger partial charge is 0.254 e. The molecule has 186 valence electrons. The van der Waals surface area contributed by atoms with Gasteiger partial charge in [-0.3, -0.25) is 9.48 Å². The number of carbonyl (C=O) groups is 1. The third kappa shape index (κ3) is 3.88. The number of nitrogen functional groups attached to an aromatic ring is 1. The molecule has 11 heteroatoms. The number of amides is 1. The van der Waals surface area contributed by atoms with Gasteiger partial charge in [-0.2, -0.15) is 18.9 Å². The zero-order chi connectivity index (χ0) is 25.6. The van der Waals surface area contributed by atoms with Crippen LogP contribution >= 0.6 is 0 Å². The van der Waals surface area contributed by atoms with Crippen LogP contribution in [0.1, 0.15) is 48.0 Å². The number of rotatable bonds is 5. The Kier molecular flexibility index (Phi) is 5.96. The maximum absolute atomic E-state index is 14.8. The number of nitrogens with zero attached hydrogens (tertiary/aromatic N) is 5. The normalized spacial score (nSPS) is 17.1. The van der Waals surface area contributed by atoms with Crippen LogP contribution in [-0.2, 0) is 4.79 Å². The standard InChI is InChI=1S/C25H24F2N6O3/c1-4-18(34)32-10-9-14(12-32)33-22-16(13-5-6-13)11-29-23(28)19(22)17(31-33)8-7-15-20(26)24(35-2)30-25(36-3)21(15)27/h4,11,13-14H,1,5-6,9-10,12H2,2-3H3,(H2,28,29). The van der Waals surface area contributed by atoms with Crippen LogP contribution < -0.4 is 15.2 Å². The SMILES string of the molecule is C=CC(=O)N1CCC(n2nc(C#Cc3c(F)c(OC)nc(OC)c3F)c3c(N)ncc(C4CC4)c32)C1. The highest BCUT2D eigenvalue weighted by Gasteiger charge is 2.33. The van der Waals surface area contributed by atoms with Gasteiger partial charge in [0, 0.05) is 19.3 Å². The van der Waals surface area contributed by atoms with E-state index in [1.807, 2.05) is 4.68 Å². The molecule has 3 aromatic rings. The summed E-state index contributed by atoms with van der Waals surface area (Å²) in [6.07, 6.45) is 5.76. The molecule has 2 N–H and O–H groups in total. The van der Waals surface area contributed by atoms with Crippen molar-refractivity contribution >= 4 is 22.6 Å². The molecular weight excluding hydrogens is 470 g/mol. The Balaban J connectivity index is 1.67. The lowest BCUT2D eigenvalue weighted by molar-refractivity contribution is -0.125. The summed E-state index contributed by atoms with van der Waals surface area (Å²) in [5.41, 5.74) is 7.73. The Bertz CT molecular complexity index is 1430. The number of fused-ring (bicyclic) bond motifs is 1. The van der Waals surface area contributed by atoms with Crippen molar-refractivity contribution in [2.75, 3.05) is 33.0 Å². The van der Waals surface area contributed by atoms with Gasteiger partial charge in [-0.25, -0.2) is 4.98 Å². The number of halogens is 2. The first-order valence-corrected chi connectivity index (χ1v) is 11.4. The van der Waals surface area contributed by atoms with Gasteiger partial charge in [0.1, 0.15) is 17.1 Å². The van der Waals surface area contributed by atoms with Gasteiger partial charge in [0.15, 0.2) is 0 Å². The fraction of sp³-hybridized carbons (Fsp3) is 0.360.